The van der Waals surface area contributed by atoms with Gasteiger partial charge in [0.1, 0.15) is 0 Å². The number of aryl methyl sites for hydroxylation is 1. The van der Waals surface area contributed by atoms with Crippen molar-refractivity contribution in [3.8, 4) is 11.1 Å². The van der Waals surface area contributed by atoms with Crippen LogP contribution in [-0.4, -0.2) is 0 Å². The fourth-order valence-corrected chi connectivity index (χ4v) is 3.23. The van der Waals surface area contributed by atoms with E-state index in [1.807, 2.05) is 55.4 Å². The van der Waals surface area contributed by atoms with Gasteiger partial charge in [-0.3, -0.25) is 0 Å². The lowest BCUT2D eigenvalue weighted by molar-refractivity contribution is 1.27. The van der Waals surface area contributed by atoms with E-state index in [2.05, 4.69) is 121 Å². The SMILES string of the molecule is CC.CC.CC.CC.Cc1ccc(N(c2ccccc2)c2ccccc2-c2ccccc2)cc1. The highest BCUT2D eigenvalue weighted by Crippen LogP contribution is 2.40. The van der Waals surface area contributed by atoms with Crippen molar-refractivity contribution in [3.63, 3.8) is 0 Å². The topological polar surface area (TPSA) is 3.24 Å². The molecule has 0 saturated carbocycles. The van der Waals surface area contributed by atoms with Crippen molar-refractivity contribution in [1.82, 2.24) is 0 Å². The van der Waals surface area contributed by atoms with Crippen LogP contribution in [0.4, 0.5) is 17.1 Å². The van der Waals surface area contributed by atoms with Gasteiger partial charge in [0, 0.05) is 16.9 Å². The molecule has 0 unspecified atom stereocenters. The molecule has 0 bridgehead atoms. The molecule has 0 N–H and O–H groups in total. The number of anilines is 3. The van der Waals surface area contributed by atoms with Crippen molar-refractivity contribution < 1.29 is 0 Å². The van der Waals surface area contributed by atoms with Gasteiger partial charge in [-0.15, -0.1) is 0 Å². The minimum Gasteiger partial charge on any atom is -0.310 e. The highest BCUT2D eigenvalue weighted by Gasteiger charge is 2.16. The molecule has 0 atom stereocenters. The van der Waals surface area contributed by atoms with Crippen molar-refractivity contribution in [2.24, 2.45) is 0 Å². The Kier molecular flexibility index (Phi) is 17.3. The first-order valence-corrected chi connectivity index (χ1v) is 12.9. The summed E-state index contributed by atoms with van der Waals surface area (Å²) in [4.78, 5) is 2.32. The Morgan fingerprint density at radius 3 is 1.35 bits per heavy atom. The van der Waals surface area contributed by atoms with Crippen molar-refractivity contribution in [1.29, 1.82) is 0 Å². The maximum atomic E-state index is 2.32. The minimum atomic E-state index is 1.15. The Morgan fingerprint density at radius 1 is 0.412 bits per heavy atom. The van der Waals surface area contributed by atoms with Crippen molar-refractivity contribution in [2.75, 3.05) is 4.90 Å². The van der Waals surface area contributed by atoms with E-state index in [0.717, 1.165) is 11.4 Å². The maximum absolute atomic E-state index is 2.32. The van der Waals surface area contributed by atoms with E-state index >= 15 is 0 Å². The predicted molar refractivity (Wildman–Crippen MR) is 157 cm³/mol. The van der Waals surface area contributed by atoms with E-state index in [-0.39, 0.29) is 0 Å². The minimum absolute atomic E-state index is 1.15. The molecule has 1 heteroatoms. The molecular weight excluding hydrogens is 410 g/mol. The zero-order valence-electron chi connectivity index (χ0n) is 22.8. The zero-order valence-corrected chi connectivity index (χ0v) is 22.8. The van der Waals surface area contributed by atoms with Crippen molar-refractivity contribution >= 4 is 17.1 Å². The Hall–Kier alpha value is -3.32. The Morgan fingerprint density at radius 2 is 0.824 bits per heavy atom. The van der Waals surface area contributed by atoms with E-state index in [0.29, 0.717) is 0 Å². The molecule has 4 aromatic rings. The van der Waals surface area contributed by atoms with Crippen LogP contribution >= 0.6 is 0 Å². The average molecular weight is 456 g/mol. The normalized spacial score (nSPS) is 8.74. The highest BCUT2D eigenvalue weighted by atomic mass is 15.1. The summed E-state index contributed by atoms with van der Waals surface area (Å²) < 4.78 is 0. The maximum Gasteiger partial charge on any atom is 0.0540 e. The standard InChI is InChI=1S/C25H21N.4C2H6/c1-20-16-18-23(19-17-20)26(22-12-6-3-7-13-22)25-15-9-8-14-24(25)21-10-4-2-5-11-21;4*1-2/h2-19H,1H3;4*1-2H3. The van der Waals surface area contributed by atoms with Crippen LogP contribution in [0.2, 0.25) is 0 Å². The second-order valence-corrected chi connectivity index (χ2v) is 6.39. The summed E-state index contributed by atoms with van der Waals surface area (Å²) in [5, 5.41) is 0. The molecule has 0 aromatic heterocycles. The summed E-state index contributed by atoms with van der Waals surface area (Å²) in [5.41, 5.74) is 7.19. The number of nitrogens with zero attached hydrogens (tertiary/aromatic N) is 1. The summed E-state index contributed by atoms with van der Waals surface area (Å²) in [7, 11) is 0. The largest absolute Gasteiger partial charge is 0.310 e. The number of benzene rings is 4. The Balaban J connectivity index is 0.00000124. The Labute approximate surface area is 210 Å². The summed E-state index contributed by atoms with van der Waals surface area (Å²) in [6, 6.07) is 38.4. The van der Waals surface area contributed by atoms with E-state index < -0.39 is 0 Å². The fraction of sp³-hybridized carbons (Fsp3) is 0.273. The summed E-state index contributed by atoms with van der Waals surface area (Å²) in [6.07, 6.45) is 0. The lowest BCUT2D eigenvalue weighted by Gasteiger charge is -2.28. The molecule has 0 aliphatic heterocycles. The molecule has 182 valence electrons. The first kappa shape index (κ1) is 30.7. The third kappa shape index (κ3) is 8.90. The summed E-state index contributed by atoms with van der Waals surface area (Å²) in [5.74, 6) is 0. The van der Waals surface area contributed by atoms with Crippen LogP contribution in [0.1, 0.15) is 61.0 Å². The van der Waals surface area contributed by atoms with Crippen LogP contribution < -0.4 is 4.90 Å². The third-order valence-electron chi connectivity index (χ3n) is 4.54. The molecule has 0 heterocycles. The van der Waals surface area contributed by atoms with Gasteiger partial charge >= 0.3 is 0 Å². The summed E-state index contributed by atoms with van der Waals surface area (Å²) >= 11 is 0. The van der Waals surface area contributed by atoms with Crippen LogP contribution in [-0.2, 0) is 0 Å². The van der Waals surface area contributed by atoms with E-state index in [1.165, 1.54) is 22.4 Å². The third-order valence-corrected chi connectivity index (χ3v) is 4.54. The molecule has 0 aliphatic carbocycles. The second-order valence-electron chi connectivity index (χ2n) is 6.39. The molecule has 0 saturated heterocycles. The van der Waals surface area contributed by atoms with Crippen LogP contribution in [0.3, 0.4) is 0 Å². The van der Waals surface area contributed by atoms with Crippen LogP contribution in [0.5, 0.6) is 0 Å². The fourth-order valence-electron chi connectivity index (χ4n) is 3.23. The number of hydrogen-bond donors (Lipinski definition) is 0. The van der Waals surface area contributed by atoms with Gasteiger partial charge in [-0.05, 0) is 42.8 Å². The monoisotopic (exact) mass is 455 g/mol. The van der Waals surface area contributed by atoms with Gasteiger partial charge < -0.3 is 4.90 Å². The predicted octanol–water partition coefficient (Wildman–Crippen LogP) is 11.2. The molecule has 1 nitrogen and oxygen atoms in total. The molecule has 0 amide bonds. The molecule has 0 fully saturated rings. The van der Waals surface area contributed by atoms with E-state index in [1.54, 1.807) is 0 Å². The highest BCUT2D eigenvalue weighted by molar-refractivity contribution is 5.87. The van der Waals surface area contributed by atoms with Crippen LogP contribution in [0, 0.1) is 6.92 Å². The van der Waals surface area contributed by atoms with E-state index in [4.69, 9.17) is 0 Å². The number of hydrogen-bond acceptors (Lipinski definition) is 1. The lowest BCUT2D eigenvalue weighted by atomic mass is 10.0. The quantitative estimate of drug-likeness (QED) is 0.296. The van der Waals surface area contributed by atoms with Gasteiger partial charge in [-0.25, -0.2) is 0 Å². The molecular formula is C33H45N. The van der Waals surface area contributed by atoms with Gasteiger partial charge in [0.25, 0.3) is 0 Å². The van der Waals surface area contributed by atoms with Gasteiger partial charge in [0.2, 0.25) is 0 Å². The van der Waals surface area contributed by atoms with Gasteiger partial charge in [-0.2, -0.15) is 0 Å². The molecule has 0 aliphatic rings. The first-order chi connectivity index (χ1) is 16.8. The van der Waals surface area contributed by atoms with Gasteiger partial charge in [0.05, 0.1) is 5.69 Å². The molecule has 34 heavy (non-hydrogen) atoms. The van der Waals surface area contributed by atoms with Crippen molar-refractivity contribution in [2.45, 2.75) is 62.3 Å². The Bertz CT molecular complexity index is 974. The first-order valence-electron chi connectivity index (χ1n) is 12.9. The van der Waals surface area contributed by atoms with Gasteiger partial charge in [0.15, 0.2) is 0 Å². The lowest BCUT2D eigenvalue weighted by Crippen LogP contribution is -2.11. The number of para-hydroxylation sites is 2. The van der Waals surface area contributed by atoms with Gasteiger partial charge in [-0.1, -0.05) is 140 Å². The smallest absolute Gasteiger partial charge is 0.0540 e. The van der Waals surface area contributed by atoms with Crippen molar-refractivity contribution in [3.05, 3.63) is 115 Å². The molecule has 0 spiro atoms. The zero-order chi connectivity index (χ0) is 25.8. The number of rotatable bonds is 4. The van der Waals surface area contributed by atoms with E-state index in [9.17, 15) is 0 Å². The summed E-state index contributed by atoms with van der Waals surface area (Å²) in [6.45, 7) is 18.1. The van der Waals surface area contributed by atoms with Crippen LogP contribution in [0.25, 0.3) is 11.1 Å². The molecule has 4 rings (SSSR count). The molecule has 0 radical (unpaired) electrons. The average Bonchev–Trinajstić information content (AvgIpc) is 2.96. The van der Waals surface area contributed by atoms with Crippen LogP contribution in [0.15, 0.2) is 109 Å². The molecule has 4 aromatic carbocycles. The second kappa shape index (κ2) is 19.2.